The third kappa shape index (κ3) is 5.42. The van der Waals surface area contributed by atoms with Crippen molar-refractivity contribution in [3.8, 4) is 5.75 Å². The van der Waals surface area contributed by atoms with Crippen molar-refractivity contribution >= 4 is 46.2 Å². The van der Waals surface area contributed by atoms with E-state index in [2.05, 4.69) is 16.9 Å². The van der Waals surface area contributed by atoms with E-state index in [9.17, 15) is 18.0 Å². The highest BCUT2D eigenvalue weighted by molar-refractivity contribution is 8.18. The minimum Gasteiger partial charge on any atom is -0.490 e. The maximum absolute atomic E-state index is 13.2. The molecular weight excluding hydrogens is 425 g/mol. The number of halogens is 4. The second-order valence-corrected chi connectivity index (χ2v) is 7.28. The minimum atomic E-state index is -4.62. The van der Waals surface area contributed by atoms with Crippen molar-refractivity contribution in [3.05, 3.63) is 76.2 Å². The third-order valence-electron chi connectivity index (χ3n) is 3.68. The van der Waals surface area contributed by atoms with Gasteiger partial charge in [-0.1, -0.05) is 36.4 Å². The molecule has 0 atom stereocenters. The quantitative estimate of drug-likeness (QED) is 0.473. The number of thioether (sulfide) groups is 1. The van der Waals surface area contributed by atoms with Crippen LogP contribution in [0.2, 0.25) is 5.02 Å². The predicted octanol–water partition coefficient (Wildman–Crippen LogP) is 5.82. The van der Waals surface area contributed by atoms with Crippen LogP contribution in [0.1, 0.15) is 11.1 Å². The number of rotatable bonds is 5. The van der Waals surface area contributed by atoms with E-state index in [1.165, 1.54) is 6.07 Å². The highest BCUT2D eigenvalue weighted by Gasteiger charge is 2.34. The number of amidine groups is 1. The summed E-state index contributed by atoms with van der Waals surface area (Å²) in [4.78, 5) is 16.4. The molecule has 0 bridgehead atoms. The molecule has 9 heteroatoms. The first-order chi connectivity index (χ1) is 13.8. The summed E-state index contributed by atoms with van der Waals surface area (Å²) in [5.74, 6) is 0.212. The van der Waals surface area contributed by atoms with E-state index in [4.69, 9.17) is 16.3 Å². The molecule has 2 aromatic rings. The van der Waals surface area contributed by atoms with Crippen molar-refractivity contribution in [1.82, 2.24) is 5.32 Å². The predicted molar refractivity (Wildman–Crippen MR) is 109 cm³/mol. The summed E-state index contributed by atoms with van der Waals surface area (Å²) in [5.41, 5.74) is -0.563. The first kappa shape index (κ1) is 21.0. The van der Waals surface area contributed by atoms with Gasteiger partial charge in [-0.2, -0.15) is 13.2 Å². The Kier molecular flexibility index (Phi) is 6.34. The number of amides is 1. The zero-order valence-electron chi connectivity index (χ0n) is 14.8. The lowest BCUT2D eigenvalue weighted by Gasteiger charge is -2.10. The van der Waals surface area contributed by atoms with E-state index >= 15 is 0 Å². The Bertz CT molecular complexity index is 1000. The van der Waals surface area contributed by atoms with Gasteiger partial charge >= 0.3 is 6.18 Å². The summed E-state index contributed by atoms with van der Waals surface area (Å²) in [6, 6.07) is 10.3. The summed E-state index contributed by atoms with van der Waals surface area (Å²) in [6.45, 7) is 3.95. The molecule has 29 heavy (non-hydrogen) atoms. The number of hydrogen-bond acceptors (Lipinski definition) is 4. The second-order valence-electron chi connectivity index (χ2n) is 5.81. The lowest BCUT2D eigenvalue weighted by atomic mass is 10.2. The Morgan fingerprint density at radius 2 is 1.93 bits per heavy atom. The highest BCUT2D eigenvalue weighted by Crippen LogP contribution is 2.39. The van der Waals surface area contributed by atoms with E-state index in [1.807, 2.05) is 0 Å². The van der Waals surface area contributed by atoms with E-state index < -0.39 is 17.6 Å². The number of carbonyl (C=O) groups is 1. The molecule has 0 spiro atoms. The number of nitrogens with zero attached hydrogens (tertiary/aromatic N) is 1. The fraction of sp³-hybridized carbons (Fsp3) is 0.100. The molecule has 150 valence electrons. The summed E-state index contributed by atoms with van der Waals surface area (Å²) in [6.07, 6.45) is -1.38. The average molecular weight is 439 g/mol. The molecule has 1 saturated heterocycles. The van der Waals surface area contributed by atoms with Crippen molar-refractivity contribution in [3.63, 3.8) is 0 Å². The molecule has 1 amide bonds. The highest BCUT2D eigenvalue weighted by atomic mass is 35.5. The molecule has 1 aliphatic rings. The Balaban J connectivity index is 1.82. The van der Waals surface area contributed by atoms with Crippen molar-refractivity contribution in [2.45, 2.75) is 6.18 Å². The third-order valence-corrected chi connectivity index (χ3v) is 4.83. The maximum Gasteiger partial charge on any atom is 0.418 e. The number of ether oxygens (including phenoxy) is 1. The molecule has 1 aliphatic heterocycles. The van der Waals surface area contributed by atoms with Crippen LogP contribution in [-0.4, -0.2) is 17.7 Å². The lowest BCUT2D eigenvalue weighted by molar-refractivity contribution is -0.137. The van der Waals surface area contributed by atoms with Crippen LogP contribution in [0.4, 0.5) is 18.9 Å². The summed E-state index contributed by atoms with van der Waals surface area (Å²) in [7, 11) is 0. The van der Waals surface area contributed by atoms with Crippen LogP contribution >= 0.6 is 23.4 Å². The van der Waals surface area contributed by atoms with Gasteiger partial charge in [0.15, 0.2) is 5.17 Å². The van der Waals surface area contributed by atoms with E-state index in [1.54, 1.807) is 36.4 Å². The van der Waals surface area contributed by atoms with Crippen molar-refractivity contribution in [2.24, 2.45) is 4.99 Å². The van der Waals surface area contributed by atoms with Crippen molar-refractivity contribution in [2.75, 3.05) is 6.61 Å². The Labute approximate surface area is 174 Å². The van der Waals surface area contributed by atoms with Gasteiger partial charge in [0.2, 0.25) is 0 Å². The SMILES string of the molecule is C=CCOc1ccc(/C=C2\SC(=Nc3ccc(Cl)cc3C(F)(F)F)NC2=O)cc1. The molecule has 1 fully saturated rings. The minimum absolute atomic E-state index is 0.0505. The summed E-state index contributed by atoms with van der Waals surface area (Å²) in [5, 5.41) is 2.48. The average Bonchev–Trinajstić information content (AvgIpc) is 3.00. The number of nitrogens with one attached hydrogen (secondary N) is 1. The molecule has 0 unspecified atom stereocenters. The van der Waals surface area contributed by atoms with E-state index in [0.29, 0.717) is 17.3 Å². The van der Waals surface area contributed by atoms with Gasteiger partial charge < -0.3 is 10.1 Å². The lowest BCUT2D eigenvalue weighted by Crippen LogP contribution is -2.19. The van der Waals surface area contributed by atoms with Crippen LogP contribution in [-0.2, 0) is 11.0 Å². The van der Waals surface area contributed by atoms with Gasteiger partial charge in [-0.3, -0.25) is 4.79 Å². The first-order valence-electron chi connectivity index (χ1n) is 8.26. The van der Waals surface area contributed by atoms with Crippen LogP contribution in [0, 0.1) is 0 Å². The second kappa shape index (κ2) is 8.75. The Morgan fingerprint density at radius 3 is 2.59 bits per heavy atom. The molecule has 0 saturated carbocycles. The maximum atomic E-state index is 13.2. The number of aliphatic imine (C=N–C) groups is 1. The molecule has 2 aromatic carbocycles. The van der Waals surface area contributed by atoms with Gasteiger partial charge in [0.1, 0.15) is 12.4 Å². The van der Waals surface area contributed by atoms with E-state index in [-0.39, 0.29) is 15.9 Å². The fourth-order valence-corrected chi connectivity index (χ4v) is 3.40. The number of hydrogen-bond donors (Lipinski definition) is 1. The van der Waals surface area contributed by atoms with Gasteiger partial charge in [0, 0.05) is 5.02 Å². The van der Waals surface area contributed by atoms with Gasteiger partial charge in [0.05, 0.1) is 16.2 Å². The number of alkyl halides is 3. The van der Waals surface area contributed by atoms with Gasteiger partial charge in [0.25, 0.3) is 5.91 Å². The van der Waals surface area contributed by atoms with Gasteiger partial charge in [-0.05, 0) is 53.7 Å². The molecule has 1 heterocycles. The van der Waals surface area contributed by atoms with Crippen LogP contribution in [0.3, 0.4) is 0 Å². The van der Waals surface area contributed by atoms with Gasteiger partial charge in [-0.25, -0.2) is 4.99 Å². The molecule has 0 aromatic heterocycles. The zero-order valence-corrected chi connectivity index (χ0v) is 16.4. The Morgan fingerprint density at radius 1 is 1.21 bits per heavy atom. The normalized spacial score (nSPS) is 16.9. The molecule has 0 radical (unpaired) electrons. The summed E-state index contributed by atoms with van der Waals surface area (Å²) < 4.78 is 45.0. The molecular formula is C20H14ClF3N2O2S. The molecule has 4 nitrogen and oxygen atoms in total. The molecule has 3 rings (SSSR count). The van der Waals surface area contributed by atoms with Crippen LogP contribution in [0.25, 0.3) is 6.08 Å². The molecule has 1 N–H and O–H groups in total. The monoisotopic (exact) mass is 438 g/mol. The standard InChI is InChI=1S/C20H14ClF3N2O2S/c1-2-9-28-14-6-3-12(4-7-14)10-17-18(27)26-19(29-17)25-16-8-5-13(21)11-15(16)20(22,23)24/h2-8,10-11H,1,9H2,(H,25,26,27)/b17-10-. The van der Waals surface area contributed by atoms with E-state index in [0.717, 1.165) is 29.5 Å². The van der Waals surface area contributed by atoms with Gasteiger partial charge in [-0.15, -0.1) is 0 Å². The van der Waals surface area contributed by atoms with Crippen molar-refractivity contribution < 1.29 is 22.7 Å². The van der Waals surface area contributed by atoms with Crippen LogP contribution in [0.5, 0.6) is 5.75 Å². The van der Waals surface area contributed by atoms with Crippen LogP contribution < -0.4 is 10.1 Å². The topological polar surface area (TPSA) is 50.7 Å². The smallest absolute Gasteiger partial charge is 0.418 e. The largest absolute Gasteiger partial charge is 0.490 e. The number of benzene rings is 2. The summed E-state index contributed by atoms with van der Waals surface area (Å²) >= 11 is 6.62. The number of carbonyl (C=O) groups excluding carboxylic acids is 1. The van der Waals surface area contributed by atoms with Crippen molar-refractivity contribution in [1.29, 1.82) is 0 Å². The first-order valence-corrected chi connectivity index (χ1v) is 9.46. The zero-order chi connectivity index (χ0) is 21.0. The molecule has 0 aliphatic carbocycles. The van der Waals surface area contributed by atoms with Crippen LogP contribution in [0.15, 0.2) is 65.0 Å². The Hall–Kier alpha value is -2.71. The fourth-order valence-electron chi connectivity index (χ4n) is 2.39.